The molecule has 0 amide bonds. The van der Waals surface area contributed by atoms with Crippen molar-refractivity contribution in [3.05, 3.63) is 109 Å². The minimum Gasteiger partial charge on any atom is -0.462 e. The van der Waals surface area contributed by atoms with E-state index < -0.39 is 6.10 Å². The number of unbranched alkanes of at least 4 members (excludes halogenated alkanes) is 16. The maximum Gasteiger partial charge on any atom is 0.306 e. The molecule has 0 spiro atoms. The van der Waals surface area contributed by atoms with Gasteiger partial charge in [0.05, 0.1) is 0 Å². The molecule has 0 aromatic carbocycles. The molecule has 0 radical (unpaired) electrons. The standard InChI is InChI=1S/C58H94O6/c1-4-7-10-13-16-18-20-22-24-26-27-28-29-30-31-32-34-35-37-39-42-45-48-51-57(60)63-54-55(53-62-56(59)50-47-44-41-15-12-9-6-3)64-58(61)52-49-46-43-40-38-36-33-25-23-21-19-17-14-11-8-5-2/h7,10,16,18-19,21-22,24-25,27-28,30-31,33-35,39,42,55H,4-6,8-9,11-15,17,20,23,26,29,32,36-38,40-41,43-54H2,1-3H3/b10-7-,18-16-,21-19-,24-22-,28-27-,31-30-,33-25-,35-34-,42-39-. The molecule has 0 aromatic rings. The van der Waals surface area contributed by atoms with Crippen molar-refractivity contribution in [1.29, 1.82) is 0 Å². The highest BCUT2D eigenvalue weighted by Crippen LogP contribution is 2.12. The summed E-state index contributed by atoms with van der Waals surface area (Å²) in [5.74, 6) is -0.992. The summed E-state index contributed by atoms with van der Waals surface area (Å²) in [6, 6.07) is 0. The summed E-state index contributed by atoms with van der Waals surface area (Å²) in [4.78, 5) is 37.8. The largest absolute Gasteiger partial charge is 0.462 e. The fourth-order valence-electron chi connectivity index (χ4n) is 6.64. The zero-order chi connectivity index (χ0) is 46.5. The van der Waals surface area contributed by atoms with Crippen LogP contribution in [-0.2, 0) is 28.6 Å². The molecule has 0 saturated heterocycles. The van der Waals surface area contributed by atoms with E-state index in [2.05, 4.69) is 130 Å². The van der Waals surface area contributed by atoms with E-state index in [0.29, 0.717) is 19.3 Å². The van der Waals surface area contributed by atoms with Crippen LogP contribution in [-0.4, -0.2) is 37.2 Å². The molecule has 0 rings (SSSR count). The van der Waals surface area contributed by atoms with Crippen molar-refractivity contribution < 1.29 is 28.6 Å². The molecule has 0 heterocycles. The summed E-state index contributed by atoms with van der Waals surface area (Å²) in [6.45, 7) is 6.39. The van der Waals surface area contributed by atoms with E-state index in [4.69, 9.17) is 14.2 Å². The van der Waals surface area contributed by atoms with Crippen molar-refractivity contribution in [1.82, 2.24) is 0 Å². The molecule has 64 heavy (non-hydrogen) atoms. The second-order valence-corrected chi connectivity index (χ2v) is 16.7. The lowest BCUT2D eigenvalue weighted by Crippen LogP contribution is -2.30. The Morgan fingerprint density at radius 1 is 0.328 bits per heavy atom. The average Bonchev–Trinajstić information content (AvgIpc) is 3.29. The van der Waals surface area contributed by atoms with Gasteiger partial charge in [0.25, 0.3) is 0 Å². The summed E-state index contributed by atoms with van der Waals surface area (Å²) in [7, 11) is 0. The van der Waals surface area contributed by atoms with Crippen molar-refractivity contribution in [3.8, 4) is 0 Å². The minimum absolute atomic E-state index is 0.103. The number of allylic oxidation sites excluding steroid dienone is 18. The Bertz CT molecular complexity index is 1340. The van der Waals surface area contributed by atoms with E-state index >= 15 is 0 Å². The van der Waals surface area contributed by atoms with Crippen LogP contribution in [0.3, 0.4) is 0 Å². The quantitative estimate of drug-likeness (QED) is 0.0262. The second-order valence-electron chi connectivity index (χ2n) is 16.7. The van der Waals surface area contributed by atoms with E-state index in [1.165, 1.54) is 57.8 Å². The molecule has 0 saturated carbocycles. The van der Waals surface area contributed by atoms with E-state index in [0.717, 1.165) is 116 Å². The molecule has 1 atom stereocenters. The fraction of sp³-hybridized carbons (Fsp3) is 0.638. The third-order valence-corrected chi connectivity index (χ3v) is 10.5. The van der Waals surface area contributed by atoms with Gasteiger partial charge in [0.2, 0.25) is 0 Å². The average molecular weight is 887 g/mol. The van der Waals surface area contributed by atoms with Crippen molar-refractivity contribution >= 4 is 17.9 Å². The van der Waals surface area contributed by atoms with Crippen molar-refractivity contribution in [2.45, 2.75) is 226 Å². The summed E-state index contributed by atoms with van der Waals surface area (Å²) in [5, 5.41) is 0. The zero-order valence-corrected chi connectivity index (χ0v) is 41.3. The number of rotatable bonds is 45. The molecule has 0 aliphatic rings. The third-order valence-electron chi connectivity index (χ3n) is 10.5. The molecule has 6 nitrogen and oxygen atoms in total. The predicted molar refractivity (Wildman–Crippen MR) is 274 cm³/mol. The molecule has 1 unspecified atom stereocenters. The Morgan fingerprint density at radius 2 is 0.625 bits per heavy atom. The van der Waals surface area contributed by atoms with Crippen molar-refractivity contribution in [2.75, 3.05) is 13.2 Å². The van der Waals surface area contributed by atoms with Crippen molar-refractivity contribution in [2.24, 2.45) is 0 Å². The number of esters is 3. The first-order valence-electron chi connectivity index (χ1n) is 25.9. The van der Waals surface area contributed by atoms with Gasteiger partial charge in [-0.3, -0.25) is 14.4 Å². The monoisotopic (exact) mass is 887 g/mol. The van der Waals surface area contributed by atoms with Gasteiger partial charge < -0.3 is 14.2 Å². The molecule has 0 N–H and O–H groups in total. The Kier molecular flexibility index (Phi) is 48.5. The van der Waals surface area contributed by atoms with Gasteiger partial charge in [-0.1, -0.05) is 207 Å². The maximum absolute atomic E-state index is 12.8. The lowest BCUT2D eigenvalue weighted by atomic mass is 10.1. The first-order valence-corrected chi connectivity index (χ1v) is 25.9. The highest BCUT2D eigenvalue weighted by molar-refractivity contribution is 5.71. The summed E-state index contributed by atoms with van der Waals surface area (Å²) in [6.07, 6.45) is 69.5. The van der Waals surface area contributed by atoms with Crippen LogP contribution in [0.2, 0.25) is 0 Å². The Balaban J connectivity index is 4.40. The molecule has 0 fully saturated rings. The molecular formula is C58H94O6. The van der Waals surface area contributed by atoms with E-state index in [1.54, 1.807) is 0 Å². The minimum atomic E-state index is -0.807. The lowest BCUT2D eigenvalue weighted by Gasteiger charge is -2.18. The van der Waals surface area contributed by atoms with Crippen LogP contribution in [0, 0.1) is 0 Å². The van der Waals surface area contributed by atoms with Crippen LogP contribution in [0.4, 0.5) is 0 Å². The molecule has 362 valence electrons. The molecule has 0 bridgehead atoms. The molecular weight excluding hydrogens is 793 g/mol. The van der Waals surface area contributed by atoms with E-state index in [1.807, 2.05) is 0 Å². The van der Waals surface area contributed by atoms with Gasteiger partial charge in [0, 0.05) is 19.3 Å². The molecule has 0 aliphatic carbocycles. The summed E-state index contributed by atoms with van der Waals surface area (Å²) >= 11 is 0. The smallest absolute Gasteiger partial charge is 0.306 e. The first kappa shape index (κ1) is 60.1. The van der Waals surface area contributed by atoms with Crippen LogP contribution in [0.15, 0.2) is 109 Å². The maximum atomic E-state index is 12.8. The molecule has 0 aromatic heterocycles. The Labute approximate surface area is 393 Å². The number of hydrogen-bond acceptors (Lipinski definition) is 6. The highest BCUT2D eigenvalue weighted by atomic mass is 16.6. The van der Waals surface area contributed by atoms with Crippen LogP contribution >= 0.6 is 0 Å². The van der Waals surface area contributed by atoms with E-state index in [9.17, 15) is 14.4 Å². The topological polar surface area (TPSA) is 78.9 Å². The predicted octanol–water partition coefficient (Wildman–Crippen LogP) is 17.1. The van der Waals surface area contributed by atoms with Gasteiger partial charge >= 0.3 is 17.9 Å². The van der Waals surface area contributed by atoms with Gasteiger partial charge in [-0.15, -0.1) is 0 Å². The Hall–Kier alpha value is -3.93. The first-order chi connectivity index (χ1) is 31.5. The lowest BCUT2D eigenvalue weighted by molar-refractivity contribution is -0.167. The summed E-state index contributed by atoms with van der Waals surface area (Å²) in [5.41, 5.74) is 0. The van der Waals surface area contributed by atoms with Crippen LogP contribution in [0.1, 0.15) is 220 Å². The van der Waals surface area contributed by atoms with Crippen LogP contribution < -0.4 is 0 Å². The number of ether oxygens (including phenoxy) is 3. The van der Waals surface area contributed by atoms with Crippen LogP contribution in [0.25, 0.3) is 0 Å². The molecule has 6 heteroatoms. The zero-order valence-electron chi connectivity index (χ0n) is 41.3. The van der Waals surface area contributed by atoms with Gasteiger partial charge in [0.1, 0.15) is 13.2 Å². The van der Waals surface area contributed by atoms with Gasteiger partial charge in [-0.05, 0) is 103 Å². The number of carbonyl (C=O) groups is 3. The van der Waals surface area contributed by atoms with E-state index in [-0.39, 0.29) is 37.5 Å². The van der Waals surface area contributed by atoms with Gasteiger partial charge in [-0.2, -0.15) is 0 Å². The number of hydrogen-bond donors (Lipinski definition) is 0. The molecule has 0 aliphatic heterocycles. The van der Waals surface area contributed by atoms with Crippen LogP contribution in [0.5, 0.6) is 0 Å². The fourth-order valence-corrected chi connectivity index (χ4v) is 6.64. The number of carbonyl (C=O) groups excluding carboxylic acids is 3. The normalized spacial score (nSPS) is 13.0. The van der Waals surface area contributed by atoms with Gasteiger partial charge in [0.15, 0.2) is 6.10 Å². The second kappa shape index (κ2) is 51.7. The highest BCUT2D eigenvalue weighted by Gasteiger charge is 2.19. The van der Waals surface area contributed by atoms with Crippen molar-refractivity contribution in [3.63, 3.8) is 0 Å². The SMILES string of the molecule is CC/C=C\C/C=C\C/C=C\C/C=C\C/C=C\C/C=C\C/C=C\CCCC(=O)OCC(COC(=O)CCCCCCCCC)OC(=O)CCCCCCC/C=C\C/C=C\CCCCCC. The summed E-state index contributed by atoms with van der Waals surface area (Å²) < 4.78 is 16.7. The van der Waals surface area contributed by atoms with Gasteiger partial charge in [-0.25, -0.2) is 0 Å². The third kappa shape index (κ3) is 49.1. The Morgan fingerprint density at radius 3 is 1.03 bits per heavy atom.